The van der Waals surface area contributed by atoms with Crippen LogP contribution < -0.4 is 10.2 Å². The first-order valence-corrected chi connectivity index (χ1v) is 6.16. The van der Waals surface area contributed by atoms with Gasteiger partial charge in [0.2, 0.25) is 5.95 Å². The quantitative estimate of drug-likeness (QED) is 0.801. The zero-order valence-corrected chi connectivity index (χ0v) is 9.82. The van der Waals surface area contributed by atoms with E-state index in [0.717, 1.165) is 31.5 Å². The Balaban J connectivity index is 1.75. The molecular formula is C11H15ClN4. The summed E-state index contributed by atoms with van der Waals surface area (Å²) in [5.41, 5.74) is 0. The summed E-state index contributed by atoms with van der Waals surface area (Å²) in [6.07, 6.45) is 5.94. The van der Waals surface area contributed by atoms with E-state index in [2.05, 4.69) is 20.2 Å². The van der Waals surface area contributed by atoms with E-state index in [0.29, 0.717) is 11.1 Å². The van der Waals surface area contributed by atoms with Crippen molar-refractivity contribution in [1.82, 2.24) is 15.3 Å². The van der Waals surface area contributed by atoms with Gasteiger partial charge in [0.25, 0.3) is 0 Å². The number of nitrogens with zero attached hydrogens (tertiary/aromatic N) is 3. The lowest BCUT2D eigenvalue weighted by molar-refractivity contribution is 0.340. The highest BCUT2D eigenvalue weighted by Crippen LogP contribution is 2.27. The molecule has 2 aliphatic rings. The Morgan fingerprint density at radius 1 is 1.31 bits per heavy atom. The SMILES string of the molecule is Clc1cnc(N2CC3CCCNC3C2)nc1. The van der Waals surface area contributed by atoms with Gasteiger partial charge in [-0.1, -0.05) is 11.6 Å². The van der Waals surface area contributed by atoms with E-state index >= 15 is 0 Å². The van der Waals surface area contributed by atoms with Crippen LogP contribution >= 0.6 is 11.6 Å². The second-order valence-corrected chi connectivity index (χ2v) is 5.01. The second kappa shape index (κ2) is 4.18. The van der Waals surface area contributed by atoms with Crippen LogP contribution in [-0.4, -0.2) is 35.6 Å². The molecular weight excluding hydrogens is 224 g/mol. The summed E-state index contributed by atoms with van der Waals surface area (Å²) in [6.45, 7) is 3.24. The van der Waals surface area contributed by atoms with Gasteiger partial charge in [-0.3, -0.25) is 0 Å². The minimum atomic E-state index is 0.596. The zero-order chi connectivity index (χ0) is 11.0. The topological polar surface area (TPSA) is 41.1 Å². The molecule has 0 aliphatic carbocycles. The third kappa shape index (κ3) is 1.87. The maximum absolute atomic E-state index is 5.78. The molecule has 4 nitrogen and oxygen atoms in total. The van der Waals surface area contributed by atoms with Crippen LogP contribution in [0.15, 0.2) is 12.4 Å². The van der Waals surface area contributed by atoms with Crippen LogP contribution in [0.5, 0.6) is 0 Å². The Morgan fingerprint density at radius 2 is 2.12 bits per heavy atom. The maximum Gasteiger partial charge on any atom is 0.225 e. The third-order valence-corrected chi connectivity index (χ3v) is 3.68. The van der Waals surface area contributed by atoms with Gasteiger partial charge in [0.15, 0.2) is 0 Å². The highest BCUT2D eigenvalue weighted by atomic mass is 35.5. The fraction of sp³-hybridized carbons (Fsp3) is 0.636. The molecule has 0 amide bonds. The Labute approximate surface area is 100 Å². The molecule has 0 spiro atoms. The molecule has 2 fully saturated rings. The summed E-state index contributed by atoms with van der Waals surface area (Å²) < 4.78 is 0. The van der Waals surface area contributed by atoms with E-state index in [4.69, 9.17) is 11.6 Å². The highest BCUT2D eigenvalue weighted by Gasteiger charge is 2.35. The van der Waals surface area contributed by atoms with Crippen molar-refractivity contribution in [2.75, 3.05) is 24.5 Å². The second-order valence-electron chi connectivity index (χ2n) is 4.57. The molecule has 3 heterocycles. The molecule has 0 radical (unpaired) electrons. The van der Waals surface area contributed by atoms with Gasteiger partial charge >= 0.3 is 0 Å². The summed E-state index contributed by atoms with van der Waals surface area (Å²) in [7, 11) is 0. The van der Waals surface area contributed by atoms with Gasteiger partial charge in [0, 0.05) is 19.1 Å². The number of aromatic nitrogens is 2. The fourth-order valence-corrected chi connectivity index (χ4v) is 2.78. The number of rotatable bonds is 1. The molecule has 2 unspecified atom stereocenters. The van der Waals surface area contributed by atoms with Crippen molar-refractivity contribution in [3.05, 3.63) is 17.4 Å². The summed E-state index contributed by atoms with van der Waals surface area (Å²) in [4.78, 5) is 10.8. The molecule has 86 valence electrons. The summed E-state index contributed by atoms with van der Waals surface area (Å²) in [5, 5.41) is 4.16. The minimum absolute atomic E-state index is 0.596. The first kappa shape index (κ1) is 10.3. The lowest BCUT2D eigenvalue weighted by Crippen LogP contribution is -2.40. The average molecular weight is 239 g/mol. The standard InChI is InChI=1S/C11H15ClN4/c12-9-4-14-11(15-5-9)16-6-8-2-1-3-13-10(8)7-16/h4-5,8,10,13H,1-3,6-7H2. The van der Waals surface area contributed by atoms with Gasteiger partial charge in [0.1, 0.15) is 0 Å². The third-order valence-electron chi connectivity index (χ3n) is 3.49. The Morgan fingerprint density at radius 3 is 2.88 bits per heavy atom. The van der Waals surface area contributed by atoms with E-state index in [9.17, 15) is 0 Å². The molecule has 16 heavy (non-hydrogen) atoms. The van der Waals surface area contributed by atoms with Gasteiger partial charge < -0.3 is 10.2 Å². The molecule has 1 aromatic heterocycles. The Kier molecular flexibility index (Phi) is 2.69. The number of fused-ring (bicyclic) bond motifs is 1. The highest BCUT2D eigenvalue weighted by molar-refractivity contribution is 6.30. The van der Waals surface area contributed by atoms with Crippen molar-refractivity contribution in [3.63, 3.8) is 0 Å². The molecule has 0 saturated carbocycles. The fourth-order valence-electron chi connectivity index (χ4n) is 2.68. The van der Waals surface area contributed by atoms with E-state index in [1.54, 1.807) is 12.4 Å². The number of hydrogen-bond acceptors (Lipinski definition) is 4. The lowest BCUT2D eigenvalue weighted by Gasteiger charge is -2.24. The van der Waals surface area contributed by atoms with Gasteiger partial charge in [-0.25, -0.2) is 9.97 Å². The smallest absolute Gasteiger partial charge is 0.225 e. The van der Waals surface area contributed by atoms with Crippen molar-refractivity contribution in [2.24, 2.45) is 5.92 Å². The Bertz CT molecular complexity index is 353. The summed E-state index contributed by atoms with van der Waals surface area (Å²) >= 11 is 5.78. The van der Waals surface area contributed by atoms with Crippen LogP contribution in [0.3, 0.4) is 0 Å². The molecule has 2 atom stereocenters. The van der Waals surface area contributed by atoms with Crippen LogP contribution in [0.1, 0.15) is 12.8 Å². The maximum atomic E-state index is 5.78. The van der Waals surface area contributed by atoms with Gasteiger partial charge in [-0.2, -0.15) is 0 Å². The predicted molar refractivity (Wildman–Crippen MR) is 63.8 cm³/mol. The van der Waals surface area contributed by atoms with Crippen molar-refractivity contribution in [1.29, 1.82) is 0 Å². The predicted octanol–water partition coefficient (Wildman–Crippen LogP) is 1.32. The molecule has 1 aromatic rings. The van der Waals surface area contributed by atoms with E-state index in [1.165, 1.54) is 12.8 Å². The van der Waals surface area contributed by atoms with Crippen molar-refractivity contribution < 1.29 is 0 Å². The first-order chi connectivity index (χ1) is 7.83. The molecule has 1 N–H and O–H groups in total. The van der Waals surface area contributed by atoms with Crippen LogP contribution in [0.2, 0.25) is 5.02 Å². The number of anilines is 1. The summed E-state index contributed by atoms with van der Waals surface area (Å²) in [6, 6.07) is 0.619. The van der Waals surface area contributed by atoms with Crippen LogP contribution in [0.4, 0.5) is 5.95 Å². The summed E-state index contributed by atoms with van der Waals surface area (Å²) in [5.74, 6) is 1.56. The molecule has 2 aliphatic heterocycles. The molecule has 5 heteroatoms. The molecule has 0 bridgehead atoms. The first-order valence-electron chi connectivity index (χ1n) is 5.79. The van der Waals surface area contributed by atoms with Crippen molar-refractivity contribution >= 4 is 17.5 Å². The van der Waals surface area contributed by atoms with Crippen LogP contribution in [0, 0.1) is 5.92 Å². The van der Waals surface area contributed by atoms with Crippen molar-refractivity contribution in [2.45, 2.75) is 18.9 Å². The normalized spacial score (nSPS) is 29.2. The number of piperidine rings is 1. The minimum Gasteiger partial charge on any atom is -0.339 e. The van der Waals surface area contributed by atoms with Crippen LogP contribution in [-0.2, 0) is 0 Å². The lowest BCUT2D eigenvalue weighted by atomic mass is 9.94. The molecule has 3 rings (SSSR count). The average Bonchev–Trinajstić information content (AvgIpc) is 2.73. The number of halogens is 1. The largest absolute Gasteiger partial charge is 0.339 e. The molecule has 0 aromatic carbocycles. The monoisotopic (exact) mass is 238 g/mol. The Hall–Kier alpha value is -0.870. The van der Waals surface area contributed by atoms with Gasteiger partial charge in [-0.05, 0) is 25.3 Å². The van der Waals surface area contributed by atoms with Crippen molar-refractivity contribution in [3.8, 4) is 0 Å². The number of nitrogens with one attached hydrogen (secondary N) is 1. The van der Waals surface area contributed by atoms with E-state index < -0.39 is 0 Å². The number of hydrogen-bond donors (Lipinski definition) is 1. The van der Waals surface area contributed by atoms with E-state index in [-0.39, 0.29) is 0 Å². The van der Waals surface area contributed by atoms with E-state index in [1.807, 2.05) is 0 Å². The molecule has 2 saturated heterocycles. The zero-order valence-electron chi connectivity index (χ0n) is 9.06. The van der Waals surface area contributed by atoms with Crippen LogP contribution in [0.25, 0.3) is 0 Å². The van der Waals surface area contributed by atoms with Gasteiger partial charge in [-0.15, -0.1) is 0 Å². The van der Waals surface area contributed by atoms with Gasteiger partial charge in [0.05, 0.1) is 17.4 Å².